The minimum absolute atomic E-state index is 0.485. The van der Waals surface area contributed by atoms with Crippen LogP contribution in [0.1, 0.15) is 10.0 Å². The molecule has 0 atom stereocenters. The fourth-order valence-corrected chi connectivity index (χ4v) is 3.99. The zero-order valence-electron chi connectivity index (χ0n) is 7.53. The van der Waals surface area contributed by atoms with Gasteiger partial charge in [-0.05, 0) is 0 Å². The molecule has 1 aliphatic heterocycles. The van der Waals surface area contributed by atoms with Crippen molar-refractivity contribution in [2.45, 2.75) is 0 Å². The second kappa shape index (κ2) is 3.16. The third kappa shape index (κ3) is 1.16. The van der Waals surface area contributed by atoms with E-state index >= 15 is 0 Å². The van der Waals surface area contributed by atoms with E-state index in [1.165, 1.54) is 19.6 Å². The normalized spacial score (nSPS) is 13.7. The van der Waals surface area contributed by atoms with Gasteiger partial charge in [-0.3, -0.25) is 0 Å². The third-order valence-electron chi connectivity index (χ3n) is 2.34. The average Bonchev–Trinajstić information content (AvgIpc) is 2.42. The van der Waals surface area contributed by atoms with Crippen LogP contribution in [0.25, 0.3) is 21.8 Å². The van der Waals surface area contributed by atoms with Crippen molar-refractivity contribution in [2.24, 2.45) is 0 Å². The molecule has 1 aliphatic rings. The van der Waals surface area contributed by atoms with Crippen LogP contribution in [-0.2, 0) is 0 Å². The molecule has 0 saturated carbocycles. The molecule has 0 aliphatic carbocycles. The summed E-state index contributed by atoms with van der Waals surface area (Å²) in [6.07, 6.45) is 8.36. The number of hydrogen-bond donors (Lipinski definition) is 1. The molecule has 1 N–H and O–H groups in total. The summed E-state index contributed by atoms with van der Waals surface area (Å²) in [4.78, 5) is 0. The van der Waals surface area contributed by atoms with E-state index in [-0.39, 0.29) is 0 Å². The van der Waals surface area contributed by atoms with Gasteiger partial charge in [-0.2, -0.15) is 0 Å². The number of hydrogen-bond acceptors (Lipinski definition) is 1. The van der Waals surface area contributed by atoms with Crippen LogP contribution in [0.15, 0.2) is 36.7 Å². The summed E-state index contributed by atoms with van der Waals surface area (Å²) >= 11 is 0.485. The molecular weight excluding hydrogens is 237 g/mol. The summed E-state index contributed by atoms with van der Waals surface area (Å²) < 4.78 is 2.97. The van der Waals surface area contributed by atoms with E-state index in [0.717, 1.165) is 0 Å². The molecule has 0 unspecified atom stereocenters. The maximum absolute atomic E-state index is 3.11. The Balaban J connectivity index is 2.41. The van der Waals surface area contributed by atoms with E-state index in [1.54, 1.807) is 0 Å². The van der Waals surface area contributed by atoms with E-state index in [2.05, 4.69) is 41.7 Å². The molecule has 68 valence electrons. The van der Waals surface area contributed by atoms with Crippen molar-refractivity contribution in [2.75, 3.05) is 0 Å². The molecule has 1 aromatic heterocycles. The quantitative estimate of drug-likeness (QED) is 0.704. The van der Waals surface area contributed by atoms with Gasteiger partial charge < -0.3 is 0 Å². The van der Waals surface area contributed by atoms with Gasteiger partial charge in [0.1, 0.15) is 0 Å². The van der Waals surface area contributed by atoms with E-state index in [4.69, 9.17) is 0 Å². The Morgan fingerprint density at radius 1 is 1.00 bits per heavy atom. The SMILES string of the molecule is C1=Cc2[se]c3ccccc3c2C=CN1. The van der Waals surface area contributed by atoms with Gasteiger partial charge in [0.15, 0.2) is 0 Å². The minimum atomic E-state index is 0.485. The third-order valence-corrected chi connectivity index (χ3v) is 4.76. The Morgan fingerprint density at radius 2 is 1.86 bits per heavy atom. The van der Waals surface area contributed by atoms with Crippen molar-refractivity contribution in [3.05, 3.63) is 46.7 Å². The molecule has 0 radical (unpaired) electrons. The molecule has 1 aromatic carbocycles. The molecular formula is C12H9NSe. The van der Waals surface area contributed by atoms with Crippen molar-refractivity contribution < 1.29 is 0 Å². The van der Waals surface area contributed by atoms with Crippen molar-refractivity contribution >= 4 is 36.3 Å². The van der Waals surface area contributed by atoms with Gasteiger partial charge in [-0.1, -0.05) is 0 Å². The van der Waals surface area contributed by atoms with E-state index < -0.39 is 0 Å². The van der Waals surface area contributed by atoms with Crippen LogP contribution in [0.3, 0.4) is 0 Å². The molecule has 0 amide bonds. The predicted molar refractivity (Wildman–Crippen MR) is 62.1 cm³/mol. The first-order chi connectivity index (χ1) is 6.95. The first-order valence-electron chi connectivity index (χ1n) is 4.56. The van der Waals surface area contributed by atoms with Crippen LogP contribution in [0, 0.1) is 0 Å². The molecule has 0 fully saturated rings. The summed E-state index contributed by atoms with van der Waals surface area (Å²) in [5, 5.41) is 4.52. The van der Waals surface area contributed by atoms with Gasteiger partial charge in [0.2, 0.25) is 0 Å². The monoisotopic (exact) mass is 247 g/mol. The molecule has 2 heterocycles. The Kier molecular flexibility index (Phi) is 1.83. The molecule has 3 rings (SSSR count). The van der Waals surface area contributed by atoms with Crippen molar-refractivity contribution in [3.63, 3.8) is 0 Å². The fraction of sp³-hybridized carbons (Fsp3) is 0. The van der Waals surface area contributed by atoms with Gasteiger partial charge >= 0.3 is 88.3 Å². The van der Waals surface area contributed by atoms with Crippen LogP contribution < -0.4 is 5.32 Å². The fourth-order valence-electron chi connectivity index (χ4n) is 1.69. The molecule has 1 nitrogen and oxygen atoms in total. The zero-order chi connectivity index (χ0) is 9.38. The van der Waals surface area contributed by atoms with E-state index in [1.807, 2.05) is 12.4 Å². The Labute approximate surface area is 88.5 Å². The number of benzene rings is 1. The number of nitrogens with one attached hydrogen (secondary N) is 1. The van der Waals surface area contributed by atoms with Gasteiger partial charge in [0.25, 0.3) is 0 Å². The average molecular weight is 246 g/mol. The van der Waals surface area contributed by atoms with Gasteiger partial charge in [-0.15, -0.1) is 0 Å². The molecule has 2 heteroatoms. The van der Waals surface area contributed by atoms with Crippen molar-refractivity contribution in [3.8, 4) is 0 Å². The Bertz CT molecular complexity index is 534. The second-order valence-corrected chi connectivity index (χ2v) is 5.48. The van der Waals surface area contributed by atoms with Gasteiger partial charge in [-0.25, -0.2) is 0 Å². The Morgan fingerprint density at radius 3 is 2.86 bits per heavy atom. The topological polar surface area (TPSA) is 12.0 Å². The van der Waals surface area contributed by atoms with Crippen LogP contribution in [0.4, 0.5) is 0 Å². The van der Waals surface area contributed by atoms with Crippen molar-refractivity contribution in [1.29, 1.82) is 0 Å². The van der Waals surface area contributed by atoms with Gasteiger partial charge in [0, 0.05) is 0 Å². The standard InChI is InChI=1S/C12H9NSe/c1-2-4-11-9(3-1)10-5-7-13-8-6-12(10)14-11/h1-8,13H. The van der Waals surface area contributed by atoms with E-state index in [9.17, 15) is 0 Å². The predicted octanol–water partition coefficient (Wildman–Crippen LogP) is 2.44. The van der Waals surface area contributed by atoms with Crippen LogP contribution in [0.5, 0.6) is 0 Å². The summed E-state index contributed by atoms with van der Waals surface area (Å²) in [5.41, 5.74) is 1.39. The van der Waals surface area contributed by atoms with Crippen LogP contribution in [-0.4, -0.2) is 14.5 Å². The maximum atomic E-state index is 3.11. The summed E-state index contributed by atoms with van der Waals surface area (Å²) in [7, 11) is 0. The molecule has 0 spiro atoms. The van der Waals surface area contributed by atoms with Gasteiger partial charge in [0.05, 0.1) is 0 Å². The molecule has 14 heavy (non-hydrogen) atoms. The van der Waals surface area contributed by atoms with Crippen LogP contribution in [0.2, 0.25) is 0 Å². The summed E-state index contributed by atoms with van der Waals surface area (Å²) in [6.45, 7) is 0. The first kappa shape index (κ1) is 8.10. The molecule has 2 aromatic rings. The first-order valence-corrected chi connectivity index (χ1v) is 6.27. The molecule has 0 saturated heterocycles. The second-order valence-electron chi connectivity index (χ2n) is 3.21. The zero-order valence-corrected chi connectivity index (χ0v) is 9.24. The number of rotatable bonds is 0. The summed E-state index contributed by atoms with van der Waals surface area (Å²) in [5.74, 6) is 0. The Hall–Kier alpha value is -1.24. The number of fused-ring (bicyclic) bond motifs is 3. The molecule has 0 bridgehead atoms. The van der Waals surface area contributed by atoms with Crippen LogP contribution >= 0.6 is 0 Å². The summed E-state index contributed by atoms with van der Waals surface area (Å²) in [6, 6.07) is 8.68. The van der Waals surface area contributed by atoms with E-state index in [0.29, 0.717) is 14.5 Å². The van der Waals surface area contributed by atoms with Crippen molar-refractivity contribution in [1.82, 2.24) is 5.32 Å².